The lowest BCUT2D eigenvalue weighted by atomic mass is 10.0. The molecule has 1 aromatic rings. The van der Waals surface area contributed by atoms with E-state index in [9.17, 15) is 5.11 Å². The highest BCUT2D eigenvalue weighted by Crippen LogP contribution is 2.18. The van der Waals surface area contributed by atoms with Gasteiger partial charge in [-0.2, -0.15) is 0 Å². The molecule has 2 rings (SSSR count). The smallest absolute Gasteiger partial charge is 0.151 e. The van der Waals surface area contributed by atoms with Crippen molar-refractivity contribution < 1.29 is 5.11 Å². The normalized spacial score (nSPS) is 20.6. The largest absolute Gasteiger partial charge is 0.369 e. The summed E-state index contributed by atoms with van der Waals surface area (Å²) in [6, 6.07) is 7.64. The van der Waals surface area contributed by atoms with Gasteiger partial charge in [-0.15, -0.1) is 0 Å². The van der Waals surface area contributed by atoms with E-state index in [2.05, 4.69) is 11.4 Å². The maximum absolute atomic E-state index is 9.38. The Balaban J connectivity index is 2.54. The van der Waals surface area contributed by atoms with Crippen LogP contribution in [0.2, 0.25) is 0 Å². The summed E-state index contributed by atoms with van der Waals surface area (Å²) < 4.78 is 0. The average Bonchev–Trinajstić information content (AvgIpc) is 2.06. The van der Waals surface area contributed by atoms with Gasteiger partial charge >= 0.3 is 0 Å². The number of fused-ring (bicyclic) bond motifs is 1. The summed E-state index contributed by atoms with van der Waals surface area (Å²) in [5.74, 6) is 0. The molecule has 0 amide bonds. The van der Waals surface area contributed by atoms with Gasteiger partial charge in [0.25, 0.3) is 0 Å². The van der Waals surface area contributed by atoms with Gasteiger partial charge < -0.3 is 10.4 Å². The van der Waals surface area contributed by atoms with E-state index >= 15 is 0 Å². The summed E-state index contributed by atoms with van der Waals surface area (Å²) in [6.45, 7) is 0. The van der Waals surface area contributed by atoms with Crippen LogP contribution in [0.1, 0.15) is 17.4 Å². The molecule has 2 heteroatoms. The molecule has 0 bridgehead atoms. The molecule has 1 aliphatic rings. The number of aliphatic hydroxyl groups is 1. The number of aliphatic hydroxyl groups excluding tert-OH is 1. The van der Waals surface area contributed by atoms with E-state index in [0.29, 0.717) is 0 Å². The zero-order chi connectivity index (χ0) is 7.68. The van der Waals surface area contributed by atoms with Crippen LogP contribution in [0.4, 0.5) is 0 Å². The average molecular weight is 146 g/mol. The maximum atomic E-state index is 9.38. The highest BCUT2D eigenvalue weighted by molar-refractivity contribution is 5.35. The van der Waals surface area contributed by atoms with Gasteiger partial charge in [0.1, 0.15) is 0 Å². The van der Waals surface area contributed by atoms with Crippen molar-refractivity contribution in [2.75, 3.05) is 0 Å². The second-order valence-electron chi connectivity index (χ2n) is 2.45. The van der Waals surface area contributed by atoms with Crippen LogP contribution in [0.25, 0.3) is 0 Å². The molecule has 0 aromatic heterocycles. The van der Waals surface area contributed by atoms with E-state index in [-0.39, 0.29) is 0 Å². The number of hydrogen-bond acceptors (Lipinski definition) is 2. The van der Waals surface area contributed by atoms with E-state index in [1.165, 1.54) is 0 Å². The minimum Gasteiger partial charge on any atom is -0.369 e. The van der Waals surface area contributed by atoms with Gasteiger partial charge in [0.15, 0.2) is 6.23 Å². The molecular weight excluding hydrogens is 138 g/mol. The Morgan fingerprint density at radius 3 is 3.00 bits per heavy atom. The third-order valence-electron chi connectivity index (χ3n) is 1.72. The van der Waals surface area contributed by atoms with Crippen molar-refractivity contribution in [3.8, 4) is 0 Å². The van der Waals surface area contributed by atoms with Gasteiger partial charge in [0.05, 0.1) is 0 Å². The van der Waals surface area contributed by atoms with Crippen LogP contribution in [0.3, 0.4) is 0 Å². The number of nitrogens with one attached hydrogen (secondary N) is 1. The first-order valence-corrected chi connectivity index (χ1v) is 3.49. The van der Waals surface area contributed by atoms with Crippen LogP contribution < -0.4 is 5.32 Å². The minimum atomic E-state index is -0.576. The van der Waals surface area contributed by atoms with E-state index in [0.717, 1.165) is 11.1 Å². The quantitative estimate of drug-likeness (QED) is 0.571. The van der Waals surface area contributed by atoms with Crippen LogP contribution in [0.5, 0.6) is 0 Å². The zero-order valence-corrected chi connectivity index (χ0v) is 5.91. The van der Waals surface area contributed by atoms with Crippen molar-refractivity contribution in [2.24, 2.45) is 0 Å². The highest BCUT2D eigenvalue weighted by atomic mass is 16.3. The molecular formula is C9H8NO. The topological polar surface area (TPSA) is 32.3 Å². The first kappa shape index (κ1) is 6.43. The molecule has 0 fully saturated rings. The van der Waals surface area contributed by atoms with Crippen LogP contribution in [-0.4, -0.2) is 5.11 Å². The van der Waals surface area contributed by atoms with E-state index < -0.39 is 6.23 Å². The molecule has 0 spiro atoms. The predicted octanol–water partition coefficient (Wildman–Crippen LogP) is 0.946. The summed E-state index contributed by atoms with van der Waals surface area (Å²) in [6.07, 6.45) is 4.05. The lowest BCUT2D eigenvalue weighted by Gasteiger charge is -2.17. The van der Waals surface area contributed by atoms with E-state index in [1.807, 2.05) is 24.3 Å². The third-order valence-corrected chi connectivity index (χ3v) is 1.72. The lowest BCUT2D eigenvalue weighted by Crippen LogP contribution is -2.19. The molecule has 1 unspecified atom stereocenters. The van der Waals surface area contributed by atoms with Crippen molar-refractivity contribution in [1.82, 2.24) is 5.32 Å². The van der Waals surface area contributed by atoms with Crippen molar-refractivity contribution in [3.05, 3.63) is 47.7 Å². The number of benzene rings is 1. The fourth-order valence-electron chi connectivity index (χ4n) is 1.16. The first-order valence-electron chi connectivity index (χ1n) is 3.49. The lowest BCUT2D eigenvalue weighted by molar-refractivity contribution is 0.153. The summed E-state index contributed by atoms with van der Waals surface area (Å²) in [5, 5.41) is 12.1. The van der Waals surface area contributed by atoms with Crippen LogP contribution in [-0.2, 0) is 0 Å². The molecule has 0 saturated heterocycles. The van der Waals surface area contributed by atoms with Crippen molar-refractivity contribution in [1.29, 1.82) is 0 Å². The Bertz CT molecular complexity index is 293. The molecule has 0 saturated carbocycles. The predicted molar refractivity (Wildman–Crippen MR) is 41.5 cm³/mol. The minimum absolute atomic E-state index is 0.576. The summed E-state index contributed by atoms with van der Waals surface area (Å²) in [5.41, 5.74) is 1.84. The molecule has 1 radical (unpaired) electrons. The van der Waals surface area contributed by atoms with E-state index in [1.54, 1.807) is 6.20 Å². The number of rotatable bonds is 0. The Hall–Kier alpha value is -1.28. The fourth-order valence-corrected chi connectivity index (χ4v) is 1.16. The third kappa shape index (κ3) is 1.01. The Labute approximate surface area is 65.2 Å². The Morgan fingerprint density at radius 2 is 2.18 bits per heavy atom. The fraction of sp³-hybridized carbons (Fsp3) is 0.111. The maximum Gasteiger partial charge on any atom is 0.151 e. The molecule has 1 atom stereocenters. The standard InChI is InChI=1S/C9H8NO/c11-9-8-4-2-1-3-7(8)5-6-10-9/h1-4,6,9-11H. The first-order chi connectivity index (χ1) is 5.38. The van der Waals surface area contributed by atoms with Crippen LogP contribution in [0, 0.1) is 6.08 Å². The van der Waals surface area contributed by atoms with Crippen molar-refractivity contribution in [3.63, 3.8) is 0 Å². The van der Waals surface area contributed by atoms with Gasteiger partial charge in [-0.1, -0.05) is 24.3 Å². The molecule has 55 valence electrons. The molecule has 1 aromatic carbocycles. The summed E-state index contributed by atoms with van der Waals surface area (Å²) >= 11 is 0. The SMILES string of the molecule is OC1NC=[C]c2ccccc21. The Morgan fingerprint density at radius 1 is 1.36 bits per heavy atom. The molecule has 1 aliphatic heterocycles. The summed E-state index contributed by atoms with van der Waals surface area (Å²) in [7, 11) is 0. The monoisotopic (exact) mass is 146 g/mol. The van der Waals surface area contributed by atoms with Crippen LogP contribution >= 0.6 is 0 Å². The zero-order valence-electron chi connectivity index (χ0n) is 5.91. The van der Waals surface area contributed by atoms with Gasteiger partial charge in [-0.05, 0) is 5.56 Å². The second-order valence-corrected chi connectivity index (χ2v) is 2.45. The molecule has 11 heavy (non-hydrogen) atoms. The van der Waals surface area contributed by atoms with Crippen molar-refractivity contribution in [2.45, 2.75) is 6.23 Å². The molecule has 2 N–H and O–H groups in total. The Kier molecular flexibility index (Phi) is 1.40. The molecule has 2 nitrogen and oxygen atoms in total. The van der Waals surface area contributed by atoms with Gasteiger partial charge in [-0.25, -0.2) is 0 Å². The summed E-state index contributed by atoms with van der Waals surface area (Å²) in [4.78, 5) is 0. The molecule has 1 heterocycles. The molecule has 0 aliphatic carbocycles. The second kappa shape index (κ2) is 2.40. The highest BCUT2D eigenvalue weighted by Gasteiger charge is 2.11. The van der Waals surface area contributed by atoms with Gasteiger partial charge in [-0.3, -0.25) is 0 Å². The van der Waals surface area contributed by atoms with Crippen molar-refractivity contribution >= 4 is 0 Å². The number of hydrogen-bond donors (Lipinski definition) is 2. The van der Waals surface area contributed by atoms with E-state index in [4.69, 9.17) is 0 Å². The van der Waals surface area contributed by atoms with Gasteiger partial charge in [0, 0.05) is 17.8 Å². The van der Waals surface area contributed by atoms with Gasteiger partial charge in [0.2, 0.25) is 0 Å². The van der Waals surface area contributed by atoms with Crippen LogP contribution in [0.15, 0.2) is 30.5 Å².